The predicted octanol–water partition coefficient (Wildman–Crippen LogP) is 2.21. The molecule has 0 aliphatic heterocycles. The second-order valence-electron chi connectivity index (χ2n) is 4.44. The highest BCUT2D eigenvalue weighted by Crippen LogP contribution is 2.21. The molecule has 2 aromatic rings. The molecule has 2 N–H and O–H groups in total. The van der Waals surface area contributed by atoms with E-state index in [0.29, 0.717) is 19.6 Å². The van der Waals surface area contributed by atoms with Gasteiger partial charge in [0.05, 0.1) is 23.4 Å². The van der Waals surface area contributed by atoms with Gasteiger partial charge in [0, 0.05) is 13.1 Å². The standard InChI is InChI=1S/C14H19N3O2S/c1-2-7-17(8-9-18)14(19)15-10-13-16-11-5-3-4-6-12(11)20-13/h3-6,18H,2,7-10H2,1H3,(H,15,19). The van der Waals surface area contributed by atoms with Crippen molar-refractivity contribution in [1.82, 2.24) is 15.2 Å². The van der Waals surface area contributed by atoms with Crippen molar-refractivity contribution in [3.63, 3.8) is 0 Å². The van der Waals surface area contributed by atoms with Crippen molar-refractivity contribution in [2.24, 2.45) is 0 Å². The Bertz CT molecular complexity index is 531. The van der Waals surface area contributed by atoms with Gasteiger partial charge in [0.1, 0.15) is 5.01 Å². The Kier molecular flexibility index (Phi) is 5.31. The van der Waals surface area contributed by atoms with Crippen molar-refractivity contribution >= 4 is 27.6 Å². The molecular formula is C14H19N3O2S. The van der Waals surface area contributed by atoms with Crippen molar-refractivity contribution in [1.29, 1.82) is 0 Å². The topological polar surface area (TPSA) is 65.5 Å². The van der Waals surface area contributed by atoms with Crippen molar-refractivity contribution in [2.75, 3.05) is 19.7 Å². The van der Waals surface area contributed by atoms with Crippen molar-refractivity contribution in [3.8, 4) is 0 Å². The summed E-state index contributed by atoms with van der Waals surface area (Å²) in [6, 6.07) is 7.77. The van der Waals surface area contributed by atoms with Crippen LogP contribution < -0.4 is 5.32 Å². The second kappa shape index (κ2) is 7.21. The molecule has 1 aromatic carbocycles. The molecule has 0 atom stereocenters. The lowest BCUT2D eigenvalue weighted by molar-refractivity contribution is 0.177. The molecule has 0 spiro atoms. The smallest absolute Gasteiger partial charge is 0.317 e. The summed E-state index contributed by atoms with van der Waals surface area (Å²) in [6.45, 7) is 3.41. The van der Waals surface area contributed by atoms with Crippen molar-refractivity contribution in [3.05, 3.63) is 29.3 Å². The number of amides is 2. The van der Waals surface area contributed by atoms with Crippen LogP contribution in [0.5, 0.6) is 0 Å². The molecule has 1 heterocycles. The minimum absolute atomic E-state index is 0.0193. The van der Waals surface area contributed by atoms with Crippen LogP contribution in [0.2, 0.25) is 0 Å². The lowest BCUT2D eigenvalue weighted by Crippen LogP contribution is -2.41. The van der Waals surface area contributed by atoms with E-state index < -0.39 is 0 Å². The Morgan fingerprint density at radius 3 is 2.90 bits per heavy atom. The molecule has 0 aliphatic rings. The monoisotopic (exact) mass is 293 g/mol. The number of nitrogens with zero attached hydrogens (tertiary/aromatic N) is 2. The first-order chi connectivity index (χ1) is 9.74. The van der Waals surface area contributed by atoms with Crippen LogP contribution >= 0.6 is 11.3 Å². The maximum atomic E-state index is 12.0. The molecule has 0 fully saturated rings. The summed E-state index contributed by atoms with van der Waals surface area (Å²) in [5.74, 6) is 0. The third-order valence-electron chi connectivity index (χ3n) is 2.88. The summed E-state index contributed by atoms with van der Waals surface area (Å²) in [6.07, 6.45) is 0.870. The number of rotatable bonds is 6. The Labute approximate surface area is 122 Å². The van der Waals surface area contributed by atoms with Crippen LogP contribution in [0.3, 0.4) is 0 Å². The minimum atomic E-state index is -0.153. The molecule has 0 radical (unpaired) electrons. The Morgan fingerprint density at radius 1 is 1.40 bits per heavy atom. The zero-order valence-electron chi connectivity index (χ0n) is 11.5. The highest BCUT2D eigenvalue weighted by atomic mass is 32.1. The molecule has 0 aliphatic carbocycles. The van der Waals surface area contributed by atoms with E-state index >= 15 is 0 Å². The van der Waals surface area contributed by atoms with E-state index in [1.165, 1.54) is 0 Å². The quantitative estimate of drug-likeness (QED) is 0.858. The van der Waals surface area contributed by atoms with Crippen LogP contribution in [0.4, 0.5) is 4.79 Å². The molecular weight excluding hydrogens is 274 g/mol. The summed E-state index contributed by atoms with van der Waals surface area (Å²) < 4.78 is 1.12. The molecule has 108 valence electrons. The maximum absolute atomic E-state index is 12.0. The van der Waals surface area contributed by atoms with Gasteiger partial charge in [0.2, 0.25) is 0 Å². The predicted molar refractivity (Wildman–Crippen MR) is 80.8 cm³/mol. The Morgan fingerprint density at radius 2 is 2.20 bits per heavy atom. The average Bonchev–Trinajstić information content (AvgIpc) is 2.87. The maximum Gasteiger partial charge on any atom is 0.317 e. The first kappa shape index (κ1) is 14.7. The highest BCUT2D eigenvalue weighted by molar-refractivity contribution is 7.18. The van der Waals surface area contributed by atoms with Crippen LogP contribution in [-0.2, 0) is 6.54 Å². The first-order valence-corrected chi connectivity index (χ1v) is 7.54. The number of hydrogen-bond acceptors (Lipinski definition) is 4. The van der Waals surface area contributed by atoms with Gasteiger partial charge in [-0.3, -0.25) is 0 Å². The van der Waals surface area contributed by atoms with Gasteiger partial charge in [-0.25, -0.2) is 9.78 Å². The van der Waals surface area contributed by atoms with E-state index in [2.05, 4.69) is 10.3 Å². The molecule has 0 saturated carbocycles. The summed E-state index contributed by atoms with van der Waals surface area (Å²) >= 11 is 1.58. The molecule has 20 heavy (non-hydrogen) atoms. The van der Waals surface area contributed by atoms with Crippen LogP contribution in [-0.4, -0.2) is 40.7 Å². The molecule has 5 nitrogen and oxygen atoms in total. The number of aromatic nitrogens is 1. The Balaban J connectivity index is 1.94. The van der Waals surface area contributed by atoms with Crippen LogP contribution in [0.1, 0.15) is 18.4 Å². The minimum Gasteiger partial charge on any atom is -0.395 e. The van der Waals surface area contributed by atoms with E-state index in [1.54, 1.807) is 16.2 Å². The van der Waals surface area contributed by atoms with Gasteiger partial charge >= 0.3 is 6.03 Å². The summed E-state index contributed by atoms with van der Waals surface area (Å²) in [5, 5.41) is 12.7. The number of aliphatic hydroxyl groups excluding tert-OH is 1. The number of nitrogens with one attached hydrogen (secondary N) is 1. The number of carbonyl (C=O) groups is 1. The fourth-order valence-corrected chi connectivity index (χ4v) is 2.87. The fourth-order valence-electron chi connectivity index (χ4n) is 1.96. The largest absolute Gasteiger partial charge is 0.395 e. The molecule has 0 unspecified atom stereocenters. The van der Waals surface area contributed by atoms with Crippen LogP contribution in [0, 0.1) is 0 Å². The van der Waals surface area contributed by atoms with Crippen LogP contribution in [0.25, 0.3) is 10.2 Å². The van der Waals surface area contributed by atoms with Gasteiger partial charge < -0.3 is 15.3 Å². The fraction of sp³-hybridized carbons (Fsp3) is 0.429. The van der Waals surface area contributed by atoms with Gasteiger partial charge in [-0.15, -0.1) is 11.3 Å². The van der Waals surface area contributed by atoms with Crippen LogP contribution in [0.15, 0.2) is 24.3 Å². The Hall–Kier alpha value is -1.66. The zero-order chi connectivity index (χ0) is 14.4. The summed E-state index contributed by atoms with van der Waals surface area (Å²) in [7, 11) is 0. The number of aliphatic hydroxyl groups is 1. The molecule has 0 bridgehead atoms. The van der Waals surface area contributed by atoms with E-state index in [4.69, 9.17) is 5.11 Å². The second-order valence-corrected chi connectivity index (χ2v) is 5.56. The number of hydrogen-bond donors (Lipinski definition) is 2. The molecule has 2 rings (SSSR count). The number of thiazole rings is 1. The molecule has 1 aromatic heterocycles. The third kappa shape index (κ3) is 3.68. The molecule has 0 saturated heterocycles. The van der Waals surface area contributed by atoms with E-state index in [1.807, 2.05) is 31.2 Å². The van der Waals surface area contributed by atoms with Gasteiger partial charge in [-0.1, -0.05) is 19.1 Å². The van der Waals surface area contributed by atoms with Gasteiger partial charge in [0.25, 0.3) is 0 Å². The van der Waals surface area contributed by atoms with Crippen molar-refractivity contribution < 1.29 is 9.90 Å². The number of carbonyl (C=O) groups excluding carboxylic acids is 1. The first-order valence-electron chi connectivity index (χ1n) is 6.72. The summed E-state index contributed by atoms with van der Waals surface area (Å²) in [4.78, 5) is 18.1. The normalized spacial score (nSPS) is 10.7. The van der Waals surface area contributed by atoms with Gasteiger partial charge in [-0.2, -0.15) is 0 Å². The lowest BCUT2D eigenvalue weighted by atomic mass is 10.3. The third-order valence-corrected chi connectivity index (χ3v) is 3.92. The van der Waals surface area contributed by atoms with Gasteiger partial charge in [0.15, 0.2) is 0 Å². The lowest BCUT2D eigenvalue weighted by Gasteiger charge is -2.21. The number of para-hydroxylation sites is 1. The highest BCUT2D eigenvalue weighted by Gasteiger charge is 2.12. The average molecular weight is 293 g/mol. The number of fused-ring (bicyclic) bond motifs is 1. The van der Waals surface area contributed by atoms with E-state index in [-0.39, 0.29) is 12.6 Å². The van der Waals surface area contributed by atoms with E-state index in [0.717, 1.165) is 21.6 Å². The SMILES string of the molecule is CCCN(CCO)C(=O)NCc1nc2ccccc2s1. The summed E-state index contributed by atoms with van der Waals surface area (Å²) in [5.41, 5.74) is 0.961. The van der Waals surface area contributed by atoms with Crippen molar-refractivity contribution in [2.45, 2.75) is 19.9 Å². The van der Waals surface area contributed by atoms with Gasteiger partial charge in [-0.05, 0) is 18.6 Å². The molecule has 6 heteroatoms. The van der Waals surface area contributed by atoms with E-state index in [9.17, 15) is 4.79 Å². The number of urea groups is 1. The molecule has 2 amide bonds. The number of benzene rings is 1. The zero-order valence-corrected chi connectivity index (χ0v) is 12.3.